The normalized spacial score (nSPS) is 10.5. The molecule has 0 bridgehead atoms. The Morgan fingerprint density at radius 3 is 2.80 bits per heavy atom. The lowest BCUT2D eigenvalue weighted by Gasteiger charge is -2.05. The van der Waals surface area contributed by atoms with E-state index in [4.69, 9.17) is 4.74 Å². The maximum absolute atomic E-state index is 12.3. The van der Waals surface area contributed by atoms with Crippen LogP contribution in [-0.2, 0) is 6.61 Å². The number of anilines is 1. The molecular weight excluding hydrogens is 352 g/mol. The van der Waals surface area contributed by atoms with Gasteiger partial charge in [-0.25, -0.2) is 4.98 Å². The van der Waals surface area contributed by atoms with Crippen LogP contribution in [0.15, 0.2) is 58.8 Å². The van der Waals surface area contributed by atoms with Crippen LogP contribution in [0.3, 0.4) is 0 Å². The van der Waals surface area contributed by atoms with Gasteiger partial charge in [0.15, 0.2) is 0 Å². The van der Waals surface area contributed by atoms with Crippen molar-refractivity contribution in [1.29, 1.82) is 0 Å². The van der Waals surface area contributed by atoms with E-state index in [-0.39, 0.29) is 5.91 Å². The second kappa shape index (κ2) is 8.18. The number of thioether (sulfide) groups is 1. The number of amides is 1. The van der Waals surface area contributed by atoms with Crippen molar-refractivity contribution in [1.82, 2.24) is 4.98 Å². The number of nitrogens with one attached hydrogen (secondary N) is 1. The highest BCUT2D eigenvalue weighted by Gasteiger charge is 2.11. The van der Waals surface area contributed by atoms with Gasteiger partial charge < -0.3 is 10.1 Å². The molecule has 0 saturated carbocycles. The second-order valence-electron chi connectivity index (χ2n) is 5.41. The van der Waals surface area contributed by atoms with E-state index in [1.165, 1.54) is 16.9 Å². The molecule has 0 radical (unpaired) electrons. The largest absolute Gasteiger partial charge is 0.486 e. The lowest BCUT2D eigenvalue weighted by atomic mass is 10.2. The van der Waals surface area contributed by atoms with Crippen LogP contribution in [0.2, 0.25) is 0 Å². The first-order valence-electron chi connectivity index (χ1n) is 7.73. The molecule has 1 amide bonds. The number of rotatable bonds is 6. The first-order valence-corrected chi connectivity index (χ1v) is 9.84. The van der Waals surface area contributed by atoms with Crippen molar-refractivity contribution in [2.45, 2.75) is 18.4 Å². The minimum absolute atomic E-state index is 0.212. The lowest BCUT2D eigenvalue weighted by Crippen LogP contribution is -2.12. The number of aryl methyl sites for hydroxylation is 1. The highest BCUT2D eigenvalue weighted by Crippen LogP contribution is 2.20. The average molecular weight is 370 g/mol. The molecule has 0 aliphatic carbocycles. The minimum Gasteiger partial charge on any atom is -0.486 e. The SMILES string of the molecule is CSc1cccc(NC(=O)c2csc(COc3ccc(C)cc3)n2)c1. The fraction of sp³-hybridized carbons (Fsp3) is 0.158. The van der Waals surface area contributed by atoms with Crippen LogP contribution in [0.5, 0.6) is 5.75 Å². The van der Waals surface area contributed by atoms with Gasteiger partial charge in [0, 0.05) is 16.0 Å². The summed E-state index contributed by atoms with van der Waals surface area (Å²) in [5, 5.41) is 5.40. The number of carbonyl (C=O) groups is 1. The van der Waals surface area contributed by atoms with E-state index in [0.29, 0.717) is 12.3 Å². The van der Waals surface area contributed by atoms with Crippen LogP contribution >= 0.6 is 23.1 Å². The molecule has 6 heteroatoms. The van der Waals surface area contributed by atoms with Crippen molar-refractivity contribution >= 4 is 34.7 Å². The Morgan fingerprint density at radius 1 is 1.24 bits per heavy atom. The van der Waals surface area contributed by atoms with Crippen LogP contribution in [0.1, 0.15) is 21.1 Å². The Labute approximate surface area is 155 Å². The maximum Gasteiger partial charge on any atom is 0.275 e. The van der Waals surface area contributed by atoms with Gasteiger partial charge in [0.1, 0.15) is 23.1 Å². The summed E-state index contributed by atoms with van der Waals surface area (Å²) in [6, 6.07) is 15.6. The molecule has 2 aromatic carbocycles. The van der Waals surface area contributed by atoms with Gasteiger partial charge in [-0.15, -0.1) is 23.1 Å². The fourth-order valence-electron chi connectivity index (χ4n) is 2.16. The van der Waals surface area contributed by atoms with E-state index >= 15 is 0 Å². The van der Waals surface area contributed by atoms with E-state index in [2.05, 4.69) is 10.3 Å². The van der Waals surface area contributed by atoms with Crippen LogP contribution in [0, 0.1) is 6.92 Å². The van der Waals surface area contributed by atoms with Gasteiger partial charge in [0.2, 0.25) is 0 Å². The summed E-state index contributed by atoms with van der Waals surface area (Å²) in [4.78, 5) is 17.8. The fourth-order valence-corrected chi connectivity index (χ4v) is 3.30. The van der Waals surface area contributed by atoms with E-state index < -0.39 is 0 Å². The highest BCUT2D eigenvalue weighted by molar-refractivity contribution is 7.98. The first-order chi connectivity index (χ1) is 12.1. The zero-order valence-electron chi connectivity index (χ0n) is 14.0. The molecule has 0 fully saturated rings. The predicted octanol–water partition coefficient (Wildman–Crippen LogP) is 5.00. The highest BCUT2D eigenvalue weighted by atomic mass is 32.2. The van der Waals surface area contributed by atoms with Crippen molar-refractivity contribution in [2.75, 3.05) is 11.6 Å². The van der Waals surface area contributed by atoms with Gasteiger partial charge in [-0.05, 0) is 43.5 Å². The third-order valence-corrected chi connectivity index (χ3v) is 5.04. The molecule has 3 aromatic rings. The van der Waals surface area contributed by atoms with E-state index in [1.54, 1.807) is 17.1 Å². The summed E-state index contributed by atoms with van der Waals surface area (Å²) < 4.78 is 5.70. The summed E-state index contributed by atoms with van der Waals surface area (Å²) in [6.07, 6.45) is 2.00. The second-order valence-corrected chi connectivity index (χ2v) is 7.24. The van der Waals surface area contributed by atoms with E-state index in [9.17, 15) is 4.79 Å². The van der Waals surface area contributed by atoms with Gasteiger partial charge in [0.05, 0.1) is 0 Å². The Hall–Kier alpha value is -2.31. The monoisotopic (exact) mass is 370 g/mol. The summed E-state index contributed by atoms with van der Waals surface area (Å²) in [5.74, 6) is 0.580. The van der Waals surface area contributed by atoms with Crippen molar-refractivity contribution in [3.63, 3.8) is 0 Å². The minimum atomic E-state index is -0.212. The van der Waals surface area contributed by atoms with Crippen molar-refractivity contribution in [2.24, 2.45) is 0 Å². The Balaban J connectivity index is 1.60. The molecule has 1 aromatic heterocycles. The average Bonchev–Trinajstić information content (AvgIpc) is 3.10. The molecule has 0 atom stereocenters. The molecular formula is C19H18N2O2S2. The molecule has 0 spiro atoms. The first kappa shape index (κ1) is 17.5. The molecule has 0 saturated heterocycles. The number of carbonyl (C=O) groups excluding carboxylic acids is 1. The Bertz CT molecular complexity index is 860. The molecule has 1 N–H and O–H groups in total. The number of aromatic nitrogens is 1. The van der Waals surface area contributed by atoms with Gasteiger partial charge in [-0.2, -0.15) is 0 Å². The Kier molecular flexibility index (Phi) is 5.73. The smallest absolute Gasteiger partial charge is 0.275 e. The summed E-state index contributed by atoms with van der Waals surface area (Å²) in [6.45, 7) is 2.38. The molecule has 0 aliphatic rings. The number of hydrogen-bond donors (Lipinski definition) is 1. The van der Waals surface area contributed by atoms with Crippen molar-refractivity contribution < 1.29 is 9.53 Å². The molecule has 3 rings (SSSR count). The molecule has 25 heavy (non-hydrogen) atoms. The van der Waals surface area contributed by atoms with Crippen molar-refractivity contribution in [3.8, 4) is 5.75 Å². The van der Waals surface area contributed by atoms with Crippen LogP contribution in [-0.4, -0.2) is 17.1 Å². The predicted molar refractivity (Wildman–Crippen MR) is 104 cm³/mol. The molecule has 0 unspecified atom stereocenters. The Morgan fingerprint density at radius 2 is 2.04 bits per heavy atom. The zero-order chi connectivity index (χ0) is 17.6. The topological polar surface area (TPSA) is 51.2 Å². The lowest BCUT2D eigenvalue weighted by molar-refractivity contribution is 0.102. The number of benzene rings is 2. The molecule has 128 valence electrons. The van der Waals surface area contributed by atoms with Gasteiger partial charge in [0.25, 0.3) is 5.91 Å². The van der Waals surface area contributed by atoms with Crippen LogP contribution < -0.4 is 10.1 Å². The van der Waals surface area contributed by atoms with E-state index in [0.717, 1.165) is 21.3 Å². The third kappa shape index (κ3) is 4.84. The quantitative estimate of drug-likeness (QED) is 0.620. The summed E-state index contributed by atoms with van der Waals surface area (Å²) in [7, 11) is 0. The van der Waals surface area contributed by atoms with Gasteiger partial charge in [-0.3, -0.25) is 4.79 Å². The van der Waals surface area contributed by atoms with Crippen molar-refractivity contribution in [3.05, 3.63) is 70.2 Å². The summed E-state index contributed by atoms with van der Waals surface area (Å²) >= 11 is 3.05. The van der Waals surface area contributed by atoms with Crippen LogP contribution in [0.25, 0.3) is 0 Å². The molecule has 1 heterocycles. The molecule has 4 nitrogen and oxygen atoms in total. The standard InChI is InChI=1S/C19H18N2O2S2/c1-13-6-8-15(9-7-13)23-11-18-21-17(12-25-18)19(22)20-14-4-3-5-16(10-14)24-2/h3-10,12H,11H2,1-2H3,(H,20,22). The summed E-state index contributed by atoms with van der Waals surface area (Å²) in [5.41, 5.74) is 2.36. The zero-order valence-corrected chi connectivity index (χ0v) is 15.6. The number of nitrogens with zero attached hydrogens (tertiary/aromatic N) is 1. The van der Waals surface area contributed by atoms with Crippen LogP contribution in [0.4, 0.5) is 5.69 Å². The van der Waals surface area contributed by atoms with E-state index in [1.807, 2.05) is 61.7 Å². The maximum atomic E-state index is 12.3. The molecule has 0 aliphatic heterocycles. The van der Waals surface area contributed by atoms with Gasteiger partial charge in [-0.1, -0.05) is 23.8 Å². The number of ether oxygens (including phenoxy) is 1. The number of thiazole rings is 1. The number of hydrogen-bond acceptors (Lipinski definition) is 5. The van der Waals surface area contributed by atoms with Gasteiger partial charge >= 0.3 is 0 Å². The third-order valence-electron chi connectivity index (χ3n) is 3.50.